The molecule has 0 spiro atoms. The lowest BCUT2D eigenvalue weighted by molar-refractivity contribution is 0.694. The average molecular weight is 254 g/mol. The summed E-state index contributed by atoms with van der Waals surface area (Å²) in [5, 5.41) is 0. The topological polar surface area (TPSA) is 29.3 Å². The SMILES string of the molecule is CN(C)c1cccc(C(CN)Cc2ccccc2)c1. The Morgan fingerprint density at radius 2 is 1.74 bits per heavy atom. The number of benzene rings is 2. The molecule has 0 heterocycles. The number of hydrogen-bond acceptors (Lipinski definition) is 2. The van der Waals surface area contributed by atoms with Crippen molar-refractivity contribution in [3.63, 3.8) is 0 Å². The number of anilines is 1. The third-order valence-electron chi connectivity index (χ3n) is 3.47. The van der Waals surface area contributed by atoms with Crippen molar-refractivity contribution in [2.75, 3.05) is 25.5 Å². The second-order valence-corrected chi connectivity index (χ2v) is 5.11. The molecule has 0 fully saturated rings. The van der Waals surface area contributed by atoms with Crippen molar-refractivity contribution < 1.29 is 0 Å². The molecule has 0 saturated heterocycles. The molecule has 0 amide bonds. The lowest BCUT2D eigenvalue weighted by atomic mass is 9.92. The molecule has 0 radical (unpaired) electrons. The summed E-state index contributed by atoms with van der Waals surface area (Å²) in [7, 11) is 4.13. The lowest BCUT2D eigenvalue weighted by Crippen LogP contribution is -2.16. The van der Waals surface area contributed by atoms with Crippen LogP contribution in [0, 0.1) is 0 Å². The molecule has 2 N–H and O–H groups in total. The van der Waals surface area contributed by atoms with Gasteiger partial charge < -0.3 is 10.6 Å². The zero-order chi connectivity index (χ0) is 13.7. The molecule has 0 aromatic heterocycles. The van der Waals surface area contributed by atoms with Crippen LogP contribution in [0.3, 0.4) is 0 Å². The molecule has 0 aliphatic carbocycles. The molecule has 1 atom stereocenters. The van der Waals surface area contributed by atoms with Crippen LogP contribution in [0.2, 0.25) is 0 Å². The molecule has 2 heteroatoms. The standard InChI is InChI=1S/C17H22N2/c1-19(2)17-10-6-9-15(12-17)16(13-18)11-14-7-4-3-5-8-14/h3-10,12,16H,11,13,18H2,1-2H3. The minimum Gasteiger partial charge on any atom is -0.378 e. The predicted molar refractivity (Wildman–Crippen MR) is 82.7 cm³/mol. The van der Waals surface area contributed by atoms with Gasteiger partial charge in [-0.15, -0.1) is 0 Å². The van der Waals surface area contributed by atoms with Crippen molar-refractivity contribution in [2.24, 2.45) is 5.73 Å². The first kappa shape index (κ1) is 13.6. The summed E-state index contributed by atoms with van der Waals surface area (Å²) < 4.78 is 0. The van der Waals surface area contributed by atoms with Crippen LogP contribution in [0.1, 0.15) is 17.0 Å². The van der Waals surface area contributed by atoms with Gasteiger partial charge in [0, 0.05) is 25.7 Å². The summed E-state index contributed by atoms with van der Waals surface area (Å²) >= 11 is 0. The summed E-state index contributed by atoms with van der Waals surface area (Å²) in [5.74, 6) is 0.377. The Hall–Kier alpha value is -1.80. The van der Waals surface area contributed by atoms with Crippen LogP contribution in [0.25, 0.3) is 0 Å². The predicted octanol–water partition coefficient (Wildman–Crippen LogP) is 3.04. The summed E-state index contributed by atoms with van der Waals surface area (Å²) in [6, 6.07) is 19.2. The van der Waals surface area contributed by atoms with Crippen LogP contribution in [0.4, 0.5) is 5.69 Å². The molecule has 0 bridgehead atoms. The highest BCUT2D eigenvalue weighted by Gasteiger charge is 2.11. The van der Waals surface area contributed by atoms with Gasteiger partial charge in [0.1, 0.15) is 0 Å². The van der Waals surface area contributed by atoms with Gasteiger partial charge in [-0.25, -0.2) is 0 Å². The maximum atomic E-state index is 5.97. The van der Waals surface area contributed by atoms with E-state index in [9.17, 15) is 0 Å². The van der Waals surface area contributed by atoms with E-state index in [1.54, 1.807) is 0 Å². The third kappa shape index (κ3) is 3.58. The summed E-state index contributed by atoms with van der Waals surface area (Å²) in [4.78, 5) is 2.12. The van der Waals surface area contributed by atoms with Gasteiger partial charge in [0.2, 0.25) is 0 Å². The van der Waals surface area contributed by atoms with Gasteiger partial charge in [-0.2, -0.15) is 0 Å². The van der Waals surface area contributed by atoms with Crippen molar-refractivity contribution in [3.8, 4) is 0 Å². The quantitative estimate of drug-likeness (QED) is 0.888. The van der Waals surface area contributed by atoms with Crippen LogP contribution < -0.4 is 10.6 Å². The van der Waals surface area contributed by atoms with Gasteiger partial charge in [0.25, 0.3) is 0 Å². The first-order valence-electron chi connectivity index (χ1n) is 6.72. The fourth-order valence-corrected chi connectivity index (χ4v) is 2.29. The van der Waals surface area contributed by atoms with Gasteiger partial charge in [0.05, 0.1) is 0 Å². The second kappa shape index (κ2) is 6.39. The molecule has 0 saturated carbocycles. The Balaban J connectivity index is 2.20. The van der Waals surface area contributed by atoms with E-state index in [1.807, 2.05) is 6.07 Å². The highest BCUT2D eigenvalue weighted by Crippen LogP contribution is 2.23. The van der Waals surface area contributed by atoms with E-state index in [2.05, 4.69) is 67.5 Å². The number of rotatable bonds is 5. The first-order chi connectivity index (χ1) is 9.20. The Kier molecular flexibility index (Phi) is 4.58. The average Bonchev–Trinajstić information content (AvgIpc) is 2.46. The molecule has 0 aliphatic heterocycles. The van der Waals surface area contributed by atoms with E-state index in [0.29, 0.717) is 12.5 Å². The number of hydrogen-bond donors (Lipinski definition) is 1. The van der Waals surface area contributed by atoms with Crippen LogP contribution >= 0.6 is 0 Å². The Labute approximate surface area is 115 Å². The first-order valence-corrected chi connectivity index (χ1v) is 6.72. The molecule has 100 valence electrons. The minimum atomic E-state index is 0.377. The van der Waals surface area contributed by atoms with E-state index in [0.717, 1.165) is 6.42 Å². The molecule has 2 rings (SSSR count). The zero-order valence-corrected chi connectivity index (χ0v) is 11.7. The van der Waals surface area contributed by atoms with Crippen LogP contribution in [0.15, 0.2) is 54.6 Å². The van der Waals surface area contributed by atoms with Crippen molar-refractivity contribution in [2.45, 2.75) is 12.3 Å². The van der Waals surface area contributed by atoms with Gasteiger partial charge in [0.15, 0.2) is 0 Å². The molecule has 2 nitrogen and oxygen atoms in total. The molecule has 2 aromatic rings. The lowest BCUT2D eigenvalue weighted by Gasteiger charge is -2.19. The zero-order valence-electron chi connectivity index (χ0n) is 11.7. The summed E-state index contributed by atoms with van der Waals surface area (Å²) in [6.07, 6.45) is 0.994. The van der Waals surface area contributed by atoms with E-state index in [-0.39, 0.29) is 0 Å². The number of nitrogens with two attached hydrogens (primary N) is 1. The Bertz CT molecular complexity index is 506. The molecule has 19 heavy (non-hydrogen) atoms. The van der Waals surface area contributed by atoms with Crippen molar-refractivity contribution >= 4 is 5.69 Å². The molecule has 2 aromatic carbocycles. The van der Waals surface area contributed by atoms with E-state index >= 15 is 0 Å². The van der Waals surface area contributed by atoms with E-state index in [4.69, 9.17) is 5.73 Å². The van der Waals surface area contributed by atoms with Crippen molar-refractivity contribution in [1.29, 1.82) is 0 Å². The maximum Gasteiger partial charge on any atom is 0.0363 e. The van der Waals surface area contributed by atoms with Gasteiger partial charge in [-0.3, -0.25) is 0 Å². The molecular formula is C17H22N2. The summed E-state index contributed by atoms with van der Waals surface area (Å²) in [5.41, 5.74) is 9.85. The second-order valence-electron chi connectivity index (χ2n) is 5.11. The number of nitrogens with zero attached hydrogens (tertiary/aromatic N) is 1. The van der Waals surface area contributed by atoms with Crippen LogP contribution in [-0.4, -0.2) is 20.6 Å². The molecular weight excluding hydrogens is 232 g/mol. The van der Waals surface area contributed by atoms with Gasteiger partial charge >= 0.3 is 0 Å². The third-order valence-corrected chi connectivity index (χ3v) is 3.47. The van der Waals surface area contributed by atoms with Crippen LogP contribution in [0.5, 0.6) is 0 Å². The highest BCUT2D eigenvalue weighted by atomic mass is 15.1. The monoisotopic (exact) mass is 254 g/mol. The summed E-state index contributed by atoms with van der Waals surface area (Å²) in [6.45, 7) is 0.672. The van der Waals surface area contributed by atoms with E-state index < -0.39 is 0 Å². The Morgan fingerprint density at radius 3 is 2.37 bits per heavy atom. The fraction of sp³-hybridized carbons (Fsp3) is 0.294. The fourth-order valence-electron chi connectivity index (χ4n) is 2.29. The van der Waals surface area contributed by atoms with E-state index in [1.165, 1.54) is 16.8 Å². The Morgan fingerprint density at radius 1 is 1.00 bits per heavy atom. The van der Waals surface area contributed by atoms with Crippen molar-refractivity contribution in [3.05, 3.63) is 65.7 Å². The van der Waals surface area contributed by atoms with Gasteiger partial charge in [-0.1, -0.05) is 42.5 Å². The van der Waals surface area contributed by atoms with Crippen LogP contribution in [-0.2, 0) is 6.42 Å². The van der Waals surface area contributed by atoms with Crippen molar-refractivity contribution in [1.82, 2.24) is 0 Å². The normalized spacial score (nSPS) is 12.2. The van der Waals surface area contributed by atoms with Gasteiger partial charge in [-0.05, 0) is 36.2 Å². The molecule has 0 aliphatic rings. The smallest absolute Gasteiger partial charge is 0.0363 e. The largest absolute Gasteiger partial charge is 0.378 e. The minimum absolute atomic E-state index is 0.377. The molecule has 1 unspecified atom stereocenters. The highest BCUT2D eigenvalue weighted by molar-refractivity contribution is 5.48. The maximum absolute atomic E-state index is 5.97.